The summed E-state index contributed by atoms with van der Waals surface area (Å²) in [4.78, 5) is 0. The molecule has 0 fully saturated rings. The van der Waals surface area contributed by atoms with Crippen LogP contribution < -0.4 is 51.4 Å². The molecule has 0 bridgehead atoms. The number of aromatic hydroxyl groups is 1. The van der Waals surface area contributed by atoms with E-state index in [0.717, 1.165) is 17.8 Å². The molecule has 2 rings (SSSR count). The average Bonchev–Trinajstić information content (AvgIpc) is 2.58. The van der Waals surface area contributed by atoms with Crippen LogP contribution in [0.15, 0.2) is 58.8 Å². The van der Waals surface area contributed by atoms with Gasteiger partial charge in [0.05, 0.1) is 11.4 Å². The molecule has 3 nitrogen and oxygen atoms in total. The fourth-order valence-electron chi connectivity index (χ4n) is 2.47. The summed E-state index contributed by atoms with van der Waals surface area (Å²) in [6.45, 7) is 2.25. The van der Waals surface area contributed by atoms with Crippen LogP contribution in [-0.4, -0.2) is 5.11 Å². The molecule has 24 heavy (non-hydrogen) atoms. The van der Waals surface area contributed by atoms with Crippen molar-refractivity contribution in [1.82, 2.24) is 0 Å². The molecule has 0 aliphatic heterocycles. The summed E-state index contributed by atoms with van der Waals surface area (Å²) in [5.74, 6) is 0.239. The second kappa shape index (κ2) is 12.8. The summed E-state index contributed by atoms with van der Waals surface area (Å²) >= 11 is 0. The number of hydrogen-bond donors (Lipinski definition) is 1. The molecule has 0 atom stereocenters. The second-order valence-corrected chi connectivity index (χ2v) is 5.90. The van der Waals surface area contributed by atoms with Crippen molar-refractivity contribution < 1.29 is 57.9 Å². The topological polar surface area (TPSA) is 45.0 Å². The molecule has 2 aromatic carbocycles. The van der Waals surface area contributed by atoms with E-state index in [0.29, 0.717) is 0 Å². The Morgan fingerprint density at radius 3 is 1.83 bits per heavy atom. The Hall–Kier alpha value is -0.524. The monoisotopic (exact) mass is 350 g/mol. The molecule has 0 saturated carbocycles. The van der Waals surface area contributed by atoms with Crippen molar-refractivity contribution in [2.45, 2.75) is 51.9 Å². The van der Waals surface area contributed by atoms with E-state index in [-0.39, 0.29) is 58.6 Å². The van der Waals surface area contributed by atoms with Gasteiger partial charge in [-0.25, -0.2) is 0 Å². The molecule has 0 radical (unpaired) electrons. The van der Waals surface area contributed by atoms with Gasteiger partial charge in [-0.05, 0) is 54.8 Å². The molecular formula is C20H27KN2O. The van der Waals surface area contributed by atoms with Crippen LogP contribution in [0.5, 0.6) is 5.75 Å². The SMILES string of the molecule is CCCCCCCCc1ccc(N=Nc2ccc(O)cc2)cc1.[H-].[K+]. The average molecular weight is 351 g/mol. The van der Waals surface area contributed by atoms with Crippen LogP contribution in [0.25, 0.3) is 0 Å². The van der Waals surface area contributed by atoms with Gasteiger partial charge >= 0.3 is 51.4 Å². The molecular weight excluding hydrogens is 323 g/mol. The number of phenolic OH excluding ortho intramolecular Hbond substituents is 1. The van der Waals surface area contributed by atoms with Crippen LogP contribution >= 0.6 is 0 Å². The first-order valence-corrected chi connectivity index (χ1v) is 8.57. The van der Waals surface area contributed by atoms with E-state index in [9.17, 15) is 5.11 Å². The predicted molar refractivity (Wildman–Crippen MR) is 96.9 cm³/mol. The largest absolute Gasteiger partial charge is 1.00 e. The molecule has 0 heterocycles. The third-order valence-electron chi connectivity index (χ3n) is 3.89. The van der Waals surface area contributed by atoms with Crippen LogP contribution in [0.3, 0.4) is 0 Å². The second-order valence-electron chi connectivity index (χ2n) is 5.90. The number of nitrogens with zero attached hydrogens (tertiary/aromatic N) is 2. The fraction of sp³-hybridized carbons (Fsp3) is 0.400. The van der Waals surface area contributed by atoms with Gasteiger partial charge in [-0.2, -0.15) is 10.2 Å². The van der Waals surface area contributed by atoms with Gasteiger partial charge in [0.15, 0.2) is 0 Å². The van der Waals surface area contributed by atoms with E-state index >= 15 is 0 Å². The van der Waals surface area contributed by atoms with E-state index < -0.39 is 0 Å². The summed E-state index contributed by atoms with van der Waals surface area (Å²) < 4.78 is 0. The maximum Gasteiger partial charge on any atom is 1.00 e. The number of benzene rings is 2. The Kier molecular flexibility index (Phi) is 11.5. The van der Waals surface area contributed by atoms with Gasteiger partial charge in [0.1, 0.15) is 5.75 Å². The Balaban J connectivity index is 0.00000288. The standard InChI is InChI=1S/C20H26N2O.K.H/c1-2-3-4-5-6-7-8-17-9-11-18(12-10-17)21-22-19-13-15-20(23)16-14-19;;/h9-16,23H,2-8H2,1H3;;/q;+1;-1. The first-order valence-electron chi connectivity index (χ1n) is 8.57. The molecule has 0 aliphatic rings. The number of hydrogen-bond acceptors (Lipinski definition) is 3. The molecule has 4 heteroatoms. The summed E-state index contributed by atoms with van der Waals surface area (Å²) in [6.07, 6.45) is 9.11. The van der Waals surface area contributed by atoms with Crippen molar-refractivity contribution in [2.24, 2.45) is 10.2 Å². The van der Waals surface area contributed by atoms with E-state index in [1.807, 2.05) is 12.1 Å². The first-order chi connectivity index (χ1) is 11.3. The quantitative estimate of drug-likeness (QED) is 0.417. The zero-order valence-corrected chi connectivity index (χ0v) is 18.0. The number of rotatable bonds is 9. The van der Waals surface area contributed by atoms with Crippen molar-refractivity contribution in [3.63, 3.8) is 0 Å². The Morgan fingerprint density at radius 1 is 0.750 bits per heavy atom. The Bertz CT molecular complexity index is 600. The van der Waals surface area contributed by atoms with E-state index in [2.05, 4.69) is 29.3 Å². The smallest absolute Gasteiger partial charge is 1.00 e. The number of phenols is 1. The van der Waals surface area contributed by atoms with Crippen LogP contribution in [0.4, 0.5) is 11.4 Å². The number of aryl methyl sites for hydroxylation is 1. The minimum atomic E-state index is 0. The maximum absolute atomic E-state index is 9.23. The molecule has 0 aromatic heterocycles. The summed E-state index contributed by atoms with van der Waals surface area (Å²) in [6, 6.07) is 15.0. The Labute approximate surface area is 189 Å². The fourth-order valence-corrected chi connectivity index (χ4v) is 2.47. The summed E-state index contributed by atoms with van der Waals surface area (Å²) in [5.41, 5.74) is 2.95. The molecule has 0 unspecified atom stereocenters. The first kappa shape index (κ1) is 21.5. The summed E-state index contributed by atoms with van der Waals surface area (Å²) in [5, 5.41) is 17.6. The van der Waals surface area contributed by atoms with Gasteiger partial charge in [-0.1, -0.05) is 51.2 Å². The molecule has 0 amide bonds. The van der Waals surface area contributed by atoms with Crippen molar-refractivity contribution in [2.75, 3.05) is 0 Å². The van der Waals surface area contributed by atoms with Crippen molar-refractivity contribution in [3.05, 3.63) is 54.1 Å². The van der Waals surface area contributed by atoms with Crippen LogP contribution in [-0.2, 0) is 6.42 Å². The van der Waals surface area contributed by atoms with Crippen LogP contribution in [0.1, 0.15) is 52.4 Å². The van der Waals surface area contributed by atoms with E-state index in [4.69, 9.17) is 0 Å². The number of azo groups is 1. The molecule has 0 spiro atoms. The van der Waals surface area contributed by atoms with Crippen LogP contribution in [0.2, 0.25) is 0 Å². The normalized spacial score (nSPS) is 10.7. The summed E-state index contributed by atoms with van der Waals surface area (Å²) in [7, 11) is 0. The van der Waals surface area contributed by atoms with Gasteiger partial charge in [0.25, 0.3) is 0 Å². The van der Waals surface area contributed by atoms with Gasteiger partial charge in [0, 0.05) is 0 Å². The van der Waals surface area contributed by atoms with Gasteiger partial charge in [-0.3, -0.25) is 0 Å². The predicted octanol–water partition coefficient (Wildman–Crippen LogP) is 3.83. The van der Waals surface area contributed by atoms with Gasteiger partial charge in [0.2, 0.25) is 0 Å². The minimum Gasteiger partial charge on any atom is -1.00 e. The van der Waals surface area contributed by atoms with Crippen LogP contribution in [0, 0.1) is 0 Å². The zero-order chi connectivity index (χ0) is 16.3. The third-order valence-corrected chi connectivity index (χ3v) is 3.89. The molecule has 1 N–H and O–H groups in total. The third kappa shape index (κ3) is 8.54. The maximum atomic E-state index is 9.23. The molecule has 0 aliphatic carbocycles. The Morgan fingerprint density at radius 2 is 1.25 bits per heavy atom. The molecule has 0 saturated heterocycles. The van der Waals surface area contributed by atoms with Crippen molar-refractivity contribution in [3.8, 4) is 5.75 Å². The van der Waals surface area contributed by atoms with Gasteiger partial charge < -0.3 is 6.53 Å². The zero-order valence-electron chi connectivity index (χ0n) is 15.9. The van der Waals surface area contributed by atoms with E-state index in [1.165, 1.54) is 44.1 Å². The molecule has 2 aromatic rings. The van der Waals surface area contributed by atoms with Crippen molar-refractivity contribution in [1.29, 1.82) is 0 Å². The van der Waals surface area contributed by atoms with Gasteiger partial charge in [-0.15, -0.1) is 0 Å². The molecule has 124 valence electrons. The van der Waals surface area contributed by atoms with Crippen molar-refractivity contribution >= 4 is 11.4 Å². The number of unbranched alkanes of at least 4 members (excludes halogenated alkanes) is 5. The minimum absolute atomic E-state index is 0. The van der Waals surface area contributed by atoms with E-state index in [1.54, 1.807) is 24.3 Å².